The van der Waals surface area contributed by atoms with Crippen molar-refractivity contribution in [3.05, 3.63) is 6.33 Å². The van der Waals surface area contributed by atoms with Gasteiger partial charge in [0.05, 0.1) is 13.7 Å². The van der Waals surface area contributed by atoms with E-state index in [-0.39, 0.29) is 0 Å². The minimum atomic E-state index is 0.648. The standard InChI is InChI=1S/C14H26N4O2/c1-4-6-9-20-10-8-16-14-12(19-3)13(15-7-5-2)17-11-18-14/h11H,4-10H2,1-3H3,(H2,15,16,17,18). The number of ether oxygens (including phenoxy) is 2. The van der Waals surface area contributed by atoms with Crippen LogP contribution in [0.3, 0.4) is 0 Å². The first-order valence-electron chi connectivity index (χ1n) is 7.27. The minimum absolute atomic E-state index is 0.648. The van der Waals surface area contributed by atoms with E-state index in [1.807, 2.05) is 0 Å². The molecule has 0 amide bonds. The van der Waals surface area contributed by atoms with Crippen molar-refractivity contribution in [3.63, 3.8) is 0 Å². The Kier molecular flexibility index (Phi) is 8.46. The van der Waals surface area contributed by atoms with Gasteiger partial charge in [-0.05, 0) is 12.8 Å². The number of methoxy groups -OCH3 is 1. The highest BCUT2D eigenvalue weighted by molar-refractivity contribution is 5.63. The fraction of sp³-hybridized carbons (Fsp3) is 0.714. The predicted octanol–water partition coefficient (Wildman–Crippen LogP) is 2.54. The van der Waals surface area contributed by atoms with Gasteiger partial charge in [-0.15, -0.1) is 0 Å². The van der Waals surface area contributed by atoms with E-state index >= 15 is 0 Å². The molecule has 0 atom stereocenters. The van der Waals surface area contributed by atoms with Crippen LogP contribution in [-0.2, 0) is 4.74 Å². The molecule has 0 fully saturated rings. The SMILES string of the molecule is CCCCOCCNc1ncnc(NCCC)c1OC. The van der Waals surface area contributed by atoms with Gasteiger partial charge in [-0.3, -0.25) is 0 Å². The Balaban J connectivity index is 2.47. The molecule has 2 N–H and O–H groups in total. The molecule has 1 rings (SSSR count). The second-order valence-electron chi connectivity index (χ2n) is 4.42. The molecule has 0 saturated heterocycles. The van der Waals surface area contributed by atoms with Gasteiger partial charge in [-0.25, -0.2) is 9.97 Å². The van der Waals surface area contributed by atoms with Crippen LogP contribution in [0.15, 0.2) is 6.33 Å². The van der Waals surface area contributed by atoms with Crippen molar-refractivity contribution >= 4 is 11.6 Å². The molecule has 0 aliphatic carbocycles. The van der Waals surface area contributed by atoms with E-state index in [2.05, 4.69) is 34.4 Å². The summed E-state index contributed by atoms with van der Waals surface area (Å²) in [6.07, 6.45) is 4.81. The van der Waals surface area contributed by atoms with Crippen molar-refractivity contribution in [1.82, 2.24) is 9.97 Å². The highest BCUT2D eigenvalue weighted by atomic mass is 16.5. The number of rotatable bonds is 11. The van der Waals surface area contributed by atoms with Gasteiger partial charge < -0.3 is 20.1 Å². The van der Waals surface area contributed by atoms with Crippen LogP contribution in [0.4, 0.5) is 11.6 Å². The summed E-state index contributed by atoms with van der Waals surface area (Å²) in [6.45, 7) is 7.27. The Morgan fingerprint density at radius 3 is 2.30 bits per heavy atom. The third kappa shape index (κ3) is 5.61. The van der Waals surface area contributed by atoms with Gasteiger partial charge >= 0.3 is 0 Å². The molecule has 0 bridgehead atoms. The number of unbranched alkanes of at least 4 members (excludes halogenated alkanes) is 1. The van der Waals surface area contributed by atoms with Gasteiger partial charge in [0.1, 0.15) is 6.33 Å². The van der Waals surface area contributed by atoms with E-state index in [4.69, 9.17) is 9.47 Å². The first-order valence-corrected chi connectivity index (χ1v) is 7.27. The van der Waals surface area contributed by atoms with Gasteiger partial charge in [0.2, 0.25) is 5.75 Å². The number of hydrogen-bond donors (Lipinski definition) is 2. The van der Waals surface area contributed by atoms with Crippen LogP contribution in [0, 0.1) is 0 Å². The Labute approximate surface area is 121 Å². The Morgan fingerprint density at radius 2 is 1.70 bits per heavy atom. The average molecular weight is 282 g/mol. The van der Waals surface area contributed by atoms with Crippen LogP contribution in [-0.4, -0.2) is 43.4 Å². The fourth-order valence-electron chi connectivity index (χ4n) is 1.65. The maximum Gasteiger partial charge on any atom is 0.204 e. The highest BCUT2D eigenvalue weighted by Gasteiger charge is 2.10. The molecule has 0 aliphatic heterocycles. The Hall–Kier alpha value is -1.56. The van der Waals surface area contributed by atoms with Crippen molar-refractivity contribution in [1.29, 1.82) is 0 Å². The Bertz CT molecular complexity index is 374. The second kappa shape index (κ2) is 10.3. The van der Waals surface area contributed by atoms with Crippen LogP contribution in [0.1, 0.15) is 33.1 Å². The quantitative estimate of drug-likeness (QED) is 0.608. The molecule has 0 radical (unpaired) electrons. The lowest BCUT2D eigenvalue weighted by Crippen LogP contribution is -2.13. The summed E-state index contributed by atoms with van der Waals surface area (Å²) in [5.74, 6) is 2.06. The molecule has 114 valence electrons. The lowest BCUT2D eigenvalue weighted by atomic mass is 10.4. The first-order chi connectivity index (χ1) is 9.83. The summed E-state index contributed by atoms with van der Waals surface area (Å²) < 4.78 is 10.9. The molecule has 0 saturated carbocycles. The number of hydrogen-bond acceptors (Lipinski definition) is 6. The molecule has 0 unspecified atom stereocenters. The summed E-state index contributed by atoms with van der Waals surface area (Å²) in [5, 5.41) is 6.44. The van der Waals surface area contributed by atoms with E-state index in [0.29, 0.717) is 24.7 Å². The first kappa shape index (κ1) is 16.5. The van der Waals surface area contributed by atoms with Crippen molar-refractivity contribution in [2.75, 3.05) is 44.0 Å². The smallest absolute Gasteiger partial charge is 0.204 e. The molecule has 1 heterocycles. The third-order valence-electron chi connectivity index (χ3n) is 2.73. The highest BCUT2D eigenvalue weighted by Crippen LogP contribution is 2.28. The average Bonchev–Trinajstić information content (AvgIpc) is 2.48. The van der Waals surface area contributed by atoms with Crippen LogP contribution >= 0.6 is 0 Å². The van der Waals surface area contributed by atoms with Gasteiger partial charge in [-0.1, -0.05) is 20.3 Å². The molecule has 6 nitrogen and oxygen atoms in total. The molecule has 6 heteroatoms. The molecule has 1 aromatic rings. The molecule has 0 aliphatic rings. The predicted molar refractivity (Wildman–Crippen MR) is 81.6 cm³/mol. The molecule has 0 spiro atoms. The molecule has 1 aromatic heterocycles. The van der Waals surface area contributed by atoms with Crippen molar-refractivity contribution in [2.24, 2.45) is 0 Å². The zero-order valence-electron chi connectivity index (χ0n) is 12.7. The van der Waals surface area contributed by atoms with Gasteiger partial charge in [0, 0.05) is 19.7 Å². The third-order valence-corrected chi connectivity index (χ3v) is 2.73. The van der Waals surface area contributed by atoms with Crippen molar-refractivity contribution in [3.8, 4) is 5.75 Å². The van der Waals surface area contributed by atoms with Gasteiger partial charge in [0.15, 0.2) is 11.6 Å². The fourth-order valence-corrected chi connectivity index (χ4v) is 1.65. The molecule has 20 heavy (non-hydrogen) atoms. The van der Waals surface area contributed by atoms with E-state index < -0.39 is 0 Å². The molecular weight excluding hydrogens is 256 g/mol. The summed E-state index contributed by atoms with van der Waals surface area (Å²) in [4.78, 5) is 8.41. The lowest BCUT2D eigenvalue weighted by Gasteiger charge is -2.13. The maximum absolute atomic E-state index is 5.50. The maximum atomic E-state index is 5.50. The summed E-state index contributed by atoms with van der Waals surface area (Å²) in [6, 6.07) is 0. The van der Waals surface area contributed by atoms with E-state index in [9.17, 15) is 0 Å². The topological polar surface area (TPSA) is 68.3 Å². The zero-order valence-corrected chi connectivity index (χ0v) is 12.7. The minimum Gasteiger partial charge on any atom is -0.490 e. The number of anilines is 2. The largest absolute Gasteiger partial charge is 0.490 e. The normalized spacial score (nSPS) is 10.3. The van der Waals surface area contributed by atoms with Gasteiger partial charge in [0.25, 0.3) is 0 Å². The van der Waals surface area contributed by atoms with Crippen molar-refractivity contribution < 1.29 is 9.47 Å². The number of aromatic nitrogens is 2. The summed E-state index contributed by atoms with van der Waals surface area (Å²) >= 11 is 0. The number of nitrogens with zero attached hydrogens (tertiary/aromatic N) is 2. The zero-order chi connectivity index (χ0) is 14.6. The summed E-state index contributed by atoms with van der Waals surface area (Å²) in [7, 11) is 1.62. The van der Waals surface area contributed by atoms with Crippen LogP contribution in [0.25, 0.3) is 0 Å². The van der Waals surface area contributed by atoms with Gasteiger partial charge in [-0.2, -0.15) is 0 Å². The van der Waals surface area contributed by atoms with E-state index in [1.54, 1.807) is 7.11 Å². The van der Waals surface area contributed by atoms with Crippen molar-refractivity contribution in [2.45, 2.75) is 33.1 Å². The molecular formula is C14H26N4O2. The summed E-state index contributed by atoms with van der Waals surface area (Å²) in [5.41, 5.74) is 0. The van der Waals surface area contributed by atoms with E-state index in [0.717, 1.165) is 38.2 Å². The van der Waals surface area contributed by atoms with E-state index in [1.165, 1.54) is 6.33 Å². The molecule has 0 aromatic carbocycles. The van der Waals surface area contributed by atoms with Crippen LogP contribution in [0.2, 0.25) is 0 Å². The van der Waals surface area contributed by atoms with Crippen LogP contribution in [0.5, 0.6) is 5.75 Å². The van der Waals surface area contributed by atoms with Crippen LogP contribution < -0.4 is 15.4 Å². The monoisotopic (exact) mass is 282 g/mol. The number of nitrogens with one attached hydrogen (secondary N) is 2. The lowest BCUT2D eigenvalue weighted by molar-refractivity contribution is 0.141. The Morgan fingerprint density at radius 1 is 1.00 bits per heavy atom. The second-order valence-corrected chi connectivity index (χ2v) is 4.42.